The minimum Gasteiger partial charge on any atom is -0.383 e. The molecule has 0 radical (unpaired) electrons. The van der Waals surface area contributed by atoms with E-state index in [1.807, 2.05) is 60.1 Å². The standard InChI is InChI=1S/C26H22N8O/c1-3-20(35)32-18-11-7-17(8-12-18)23-21(22-24(27)30-15-31-25(22)34(23)2)16-5-9-19(10-6-16)33-26-28-13-4-14-29-26/h3-15H,1H2,2H3,(H,32,35)(H2,27,30,31)(H,28,29,33). The number of aryl methyl sites for hydroxylation is 1. The van der Waals surface area contributed by atoms with Crippen molar-refractivity contribution in [2.24, 2.45) is 7.05 Å². The maximum Gasteiger partial charge on any atom is 0.247 e. The van der Waals surface area contributed by atoms with Gasteiger partial charge in [0, 0.05) is 36.4 Å². The van der Waals surface area contributed by atoms with E-state index >= 15 is 0 Å². The molecular formula is C26H22N8O. The number of nitrogens with zero attached hydrogens (tertiary/aromatic N) is 5. The predicted molar refractivity (Wildman–Crippen MR) is 138 cm³/mol. The van der Waals surface area contributed by atoms with Crippen LogP contribution in [0.4, 0.5) is 23.1 Å². The molecule has 5 rings (SSSR count). The Morgan fingerprint density at radius 1 is 0.943 bits per heavy atom. The van der Waals surface area contributed by atoms with Crippen LogP contribution in [0.25, 0.3) is 33.4 Å². The maximum atomic E-state index is 11.7. The molecule has 0 atom stereocenters. The topological polar surface area (TPSA) is 124 Å². The van der Waals surface area contributed by atoms with Crippen molar-refractivity contribution < 1.29 is 4.79 Å². The maximum absolute atomic E-state index is 11.7. The monoisotopic (exact) mass is 462 g/mol. The van der Waals surface area contributed by atoms with Crippen molar-refractivity contribution in [1.82, 2.24) is 24.5 Å². The number of nitrogens with one attached hydrogen (secondary N) is 2. The van der Waals surface area contributed by atoms with Crippen LogP contribution < -0.4 is 16.4 Å². The van der Waals surface area contributed by atoms with Gasteiger partial charge in [0.2, 0.25) is 11.9 Å². The molecule has 0 aliphatic heterocycles. The fraction of sp³-hybridized carbons (Fsp3) is 0.0385. The first-order valence-electron chi connectivity index (χ1n) is 10.8. The normalized spacial score (nSPS) is 10.8. The minimum atomic E-state index is -0.263. The van der Waals surface area contributed by atoms with Crippen LogP contribution in [-0.2, 0) is 11.8 Å². The van der Waals surface area contributed by atoms with Crippen molar-refractivity contribution in [3.05, 3.63) is 86.0 Å². The number of benzene rings is 2. The molecule has 0 aliphatic rings. The third kappa shape index (κ3) is 4.18. The van der Waals surface area contributed by atoms with E-state index < -0.39 is 0 Å². The van der Waals surface area contributed by atoms with Crippen molar-refractivity contribution in [3.8, 4) is 22.4 Å². The number of nitrogens with two attached hydrogens (primary N) is 1. The Bertz CT molecular complexity index is 1520. The molecule has 0 unspecified atom stereocenters. The van der Waals surface area contributed by atoms with Crippen LogP contribution in [0.5, 0.6) is 0 Å². The average Bonchev–Trinajstić information content (AvgIpc) is 3.19. The zero-order valence-electron chi connectivity index (χ0n) is 18.9. The first kappa shape index (κ1) is 21.8. The summed E-state index contributed by atoms with van der Waals surface area (Å²) in [5.41, 5.74) is 12.3. The summed E-state index contributed by atoms with van der Waals surface area (Å²) in [6, 6.07) is 17.3. The largest absolute Gasteiger partial charge is 0.383 e. The SMILES string of the molecule is C=CC(=O)Nc1ccc(-c2c(-c3ccc(Nc4ncccn4)cc3)c3c(N)ncnc3n2C)cc1. The summed E-state index contributed by atoms with van der Waals surface area (Å²) >= 11 is 0. The first-order chi connectivity index (χ1) is 17.0. The Kier molecular flexibility index (Phi) is 5.64. The molecule has 1 amide bonds. The highest BCUT2D eigenvalue weighted by Gasteiger charge is 2.21. The first-order valence-corrected chi connectivity index (χ1v) is 10.8. The van der Waals surface area contributed by atoms with E-state index in [-0.39, 0.29) is 5.91 Å². The molecule has 0 spiro atoms. The molecule has 35 heavy (non-hydrogen) atoms. The molecular weight excluding hydrogens is 440 g/mol. The van der Waals surface area contributed by atoms with Crippen LogP contribution in [0.1, 0.15) is 0 Å². The summed E-state index contributed by atoms with van der Waals surface area (Å²) < 4.78 is 2.00. The zero-order chi connectivity index (χ0) is 24.4. The predicted octanol–water partition coefficient (Wildman–Crippen LogP) is 4.54. The van der Waals surface area contributed by atoms with Crippen molar-refractivity contribution in [2.45, 2.75) is 0 Å². The summed E-state index contributed by atoms with van der Waals surface area (Å²) in [6.45, 7) is 3.49. The van der Waals surface area contributed by atoms with Gasteiger partial charge in [0.15, 0.2) is 0 Å². The number of aromatic nitrogens is 5. The van der Waals surface area contributed by atoms with Gasteiger partial charge in [-0.15, -0.1) is 0 Å². The summed E-state index contributed by atoms with van der Waals surface area (Å²) in [5, 5.41) is 6.74. The lowest BCUT2D eigenvalue weighted by molar-refractivity contribution is -0.111. The Hall–Kier alpha value is -5.05. The summed E-state index contributed by atoms with van der Waals surface area (Å²) in [7, 11) is 1.95. The molecule has 9 heteroatoms. The van der Waals surface area contributed by atoms with Gasteiger partial charge in [0.25, 0.3) is 0 Å². The number of hydrogen-bond acceptors (Lipinski definition) is 7. The van der Waals surface area contributed by atoms with Crippen molar-refractivity contribution in [3.63, 3.8) is 0 Å². The number of nitrogen functional groups attached to an aromatic ring is 1. The summed E-state index contributed by atoms with van der Waals surface area (Å²) in [5.74, 6) is 0.662. The summed E-state index contributed by atoms with van der Waals surface area (Å²) in [4.78, 5) is 28.8. The smallest absolute Gasteiger partial charge is 0.247 e. The highest BCUT2D eigenvalue weighted by molar-refractivity contribution is 6.08. The van der Waals surface area contributed by atoms with Gasteiger partial charge >= 0.3 is 0 Å². The highest BCUT2D eigenvalue weighted by Crippen LogP contribution is 2.42. The Morgan fingerprint density at radius 3 is 2.29 bits per heavy atom. The third-order valence-electron chi connectivity index (χ3n) is 5.60. The molecule has 5 aromatic rings. The van der Waals surface area contributed by atoms with E-state index in [2.05, 4.69) is 37.1 Å². The van der Waals surface area contributed by atoms with Gasteiger partial charge in [-0.05, 0) is 47.5 Å². The second kappa shape index (κ2) is 9.06. The molecule has 0 saturated heterocycles. The van der Waals surface area contributed by atoms with Crippen LogP contribution in [0.2, 0.25) is 0 Å². The van der Waals surface area contributed by atoms with Gasteiger partial charge in [-0.25, -0.2) is 19.9 Å². The van der Waals surface area contributed by atoms with Gasteiger partial charge < -0.3 is 20.9 Å². The van der Waals surface area contributed by atoms with E-state index in [4.69, 9.17) is 5.73 Å². The highest BCUT2D eigenvalue weighted by atomic mass is 16.1. The molecule has 0 saturated carbocycles. The summed E-state index contributed by atoms with van der Waals surface area (Å²) in [6.07, 6.45) is 6.07. The molecule has 4 N–H and O–H groups in total. The number of anilines is 4. The number of hydrogen-bond donors (Lipinski definition) is 3. The van der Waals surface area contributed by atoms with E-state index in [1.54, 1.807) is 18.5 Å². The van der Waals surface area contributed by atoms with Gasteiger partial charge in [-0.1, -0.05) is 30.8 Å². The van der Waals surface area contributed by atoms with Crippen LogP contribution >= 0.6 is 0 Å². The number of carbonyl (C=O) groups is 1. The van der Waals surface area contributed by atoms with Crippen LogP contribution in [0, 0.1) is 0 Å². The fourth-order valence-electron chi connectivity index (χ4n) is 4.01. The van der Waals surface area contributed by atoms with Crippen molar-refractivity contribution in [1.29, 1.82) is 0 Å². The molecule has 3 heterocycles. The lowest BCUT2D eigenvalue weighted by Crippen LogP contribution is -2.06. The Morgan fingerprint density at radius 2 is 1.60 bits per heavy atom. The molecule has 172 valence electrons. The molecule has 0 aliphatic carbocycles. The van der Waals surface area contributed by atoms with Crippen LogP contribution in [0.15, 0.2) is 86.0 Å². The fourth-order valence-corrected chi connectivity index (χ4v) is 4.01. The zero-order valence-corrected chi connectivity index (χ0v) is 18.9. The second-order valence-electron chi connectivity index (χ2n) is 7.79. The molecule has 3 aromatic heterocycles. The van der Waals surface area contributed by atoms with Gasteiger partial charge in [0.1, 0.15) is 17.8 Å². The second-order valence-corrected chi connectivity index (χ2v) is 7.79. The molecule has 2 aromatic carbocycles. The lowest BCUT2D eigenvalue weighted by atomic mass is 9.98. The van der Waals surface area contributed by atoms with E-state index in [0.29, 0.717) is 17.5 Å². The minimum absolute atomic E-state index is 0.263. The van der Waals surface area contributed by atoms with E-state index in [0.717, 1.165) is 39.1 Å². The third-order valence-corrected chi connectivity index (χ3v) is 5.60. The molecule has 0 bridgehead atoms. The number of fused-ring (bicyclic) bond motifs is 1. The van der Waals surface area contributed by atoms with Crippen LogP contribution in [-0.4, -0.2) is 30.4 Å². The van der Waals surface area contributed by atoms with Gasteiger partial charge in [0.05, 0.1) is 11.1 Å². The van der Waals surface area contributed by atoms with E-state index in [1.165, 1.54) is 12.4 Å². The van der Waals surface area contributed by atoms with Crippen molar-refractivity contribution >= 4 is 40.1 Å². The molecule has 0 fully saturated rings. The quantitative estimate of drug-likeness (QED) is 0.316. The Labute approximate surface area is 201 Å². The Balaban J connectivity index is 1.60. The average molecular weight is 463 g/mol. The lowest BCUT2D eigenvalue weighted by Gasteiger charge is -2.11. The van der Waals surface area contributed by atoms with Crippen molar-refractivity contribution in [2.75, 3.05) is 16.4 Å². The number of carbonyl (C=O) groups excluding carboxylic acids is 1. The van der Waals surface area contributed by atoms with Gasteiger partial charge in [-0.3, -0.25) is 4.79 Å². The molecule has 9 nitrogen and oxygen atoms in total. The van der Waals surface area contributed by atoms with Gasteiger partial charge in [-0.2, -0.15) is 0 Å². The number of rotatable bonds is 6. The van der Waals surface area contributed by atoms with Crippen LogP contribution in [0.3, 0.4) is 0 Å². The van der Waals surface area contributed by atoms with E-state index in [9.17, 15) is 4.79 Å². The number of amides is 1.